The molecule has 7 nitrogen and oxygen atoms in total. The van der Waals surface area contributed by atoms with Crippen LogP contribution < -0.4 is 15.5 Å². The van der Waals surface area contributed by atoms with Crippen molar-refractivity contribution in [3.63, 3.8) is 0 Å². The van der Waals surface area contributed by atoms with Crippen LogP contribution in [0.3, 0.4) is 0 Å². The summed E-state index contributed by atoms with van der Waals surface area (Å²) in [5, 5.41) is 6.01. The number of rotatable bonds is 7. The number of nitrogens with one attached hydrogen (secondary N) is 2. The lowest BCUT2D eigenvalue weighted by atomic mass is 10.1. The van der Waals surface area contributed by atoms with Gasteiger partial charge >= 0.3 is 5.97 Å². The van der Waals surface area contributed by atoms with Gasteiger partial charge < -0.3 is 15.4 Å². The molecular weight excluding hydrogens is 382 g/mol. The first-order chi connectivity index (χ1) is 14.5. The summed E-state index contributed by atoms with van der Waals surface area (Å²) >= 11 is 0. The van der Waals surface area contributed by atoms with Crippen molar-refractivity contribution in [2.24, 2.45) is 0 Å². The number of nitrogens with zero attached hydrogens (tertiary/aromatic N) is 1. The highest BCUT2D eigenvalue weighted by molar-refractivity contribution is 6.10. The van der Waals surface area contributed by atoms with Crippen LogP contribution in [-0.4, -0.2) is 30.9 Å². The standard InChI is InChI=1S/C23H25N3O4/c1-3-16-9-5-6-10-18(16)25-21(27)15-26-20-12-8-7-11-19(20)24-17(13-22(26)28)14-23(29)30-4-2/h5-13,24H,3-4,14-15H2,1-2H3,(H,25,27). The van der Waals surface area contributed by atoms with Gasteiger partial charge in [-0.05, 0) is 37.1 Å². The van der Waals surface area contributed by atoms with Crippen LogP contribution in [0, 0.1) is 0 Å². The quantitative estimate of drug-likeness (QED) is 0.686. The Labute approximate surface area is 175 Å². The highest BCUT2D eigenvalue weighted by atomic mass is 16.5. The number of hydrogen-bond donors (Lipinski definition) is 2. The second kappa shape index (κ2) is 9.73. The number of benzene rings is 2. The fraction of sp³-hybridized carbons (Fsp3) is 0.261. The van der Waals surface area contributed by atoms with Crippen LogP contribution in [0.4, 0.5) is 17.1 Å². The average molecular weight is 407 g/mol. The minimum atomic E-state index is -0.427. The zero-order chi connectivity index (χ0) is 21.5. The fourth-order valence-electron chi connectivity index (χ4n) is 3.28. The smallest absolute Gasteiger partial charge is 0.311 e. The van der Waals surface area contributed by atoms with E-state index in [9.17, 15) is 14.4 Å². The van der Waals surface area contributed by atoms with Crippen molar-refractivity contribution in [3.05, 3.63) is 65.9 Å². The number of hydrogen-bond acceptors (Lipinski definition) is 5. The normalized spacial score (nSPS) is 12.9. The van der Waals surface area contributed by atoms with Crippen molar-refractivity contribution < 1.29 is 19.1 Å². The van der Waals surface area contributed by atoms with Gasteiger partial charge in [-0.15, -0.1) is 0 Å². The zero-order valence-electron chi connectivity index (χ0n) is 17.1. The van der Waals surface area contributed by atoms with Crippen molar-refractivity contribution in [3.8, 4) is 0 Å². The molecule has 1 heterocycles. The van der Waals surface area contributed by atoms with Gasteiger partial charge in [-0.2, -0.15) is 0 Å². The van der Waals surface area contributed by atoms with Crippen molar-refractivity contribution in [1.82, 2.24) is 0 Å². The molecule has 0 radical (unpaired) electrons. The van der Waals surface area contributed by atoms with E-state index >= 15 is 0 Å². The number of fused-ring (bicyclic) bond motifs is 1. The Morgan fingerprint density at radius 2 is 1.80 bits per heavy atom. The number of ether oxygens (including phenoxy) is 1. The first-order valence-corrected chi connectivity index (χ1v) is 9.93. The van der Waals surface area contributed by atoms with E-state index in [2.05, 4.69) is 10.6 Å². The van der Waals surface area contributed by atoms with Crippen LogP contribution in [0.5, 0.6) is 0 Å². The summed E-state index contributed by atoms with van der Waals surface area (Å²) in [5.74, 6) is -1.11. The number of amides is 2. The maximum Gasteiger partial charge on any atom is 0.311 e. The molecule has 30 heavy (non-hydrogen) atoms. The summed E-state index contributed by atoms with van der Waals surface area (Å²) in [7, 11) is 0. The lowest BCUT2D eigenvalue weighted by Gasteiger charge is -2.22. The molecule has 3 rings (SSSR count). The van der Waals surface area contributed by atoms with Gasteiger partial charge in [0.05, 0.1) is 24.4 Å². The first kappa shape index (κ1) is 21.1. The summed E-state index contributed by atoms with van der Waals surface area (Å²) in [6.45, 7) is 3.85. The maximum absolute atomic E-state index is 12.9. The van der Waals surface area contributed by atoms with E-state index in [1.165, 1.54) is 11.0 Å². The Bertz CT molecular complexity index is 984. The first-order valence-electron chi connectivity index (χ1n) is 9.93. The minimum absolute atomic E-state index is 0.0577. The van der Waals surface area contributed by atoms with Gasteiger partial charge in [-0.1, -0.05) is 37.3 Å². The number of para-hydroxylation sites is 3. The summed E-state index contributed by atoms with van der Waals surface area (Å²) < 4.78 is 4.98. The van der Waals surface area contributed by atoms with Crippen molar-refractivity contribution in [1.29, 1.82) is 0 Å². The third-order valence-electron chi connectivity index (χ3n) is 4.67. The van der Waals surface area contributed by atoms with Crippen molar-refractivity contribution >= 4 is 34.8 Å². The van der Waals surface area contributed by atoms with E-state index in [0.29, 0.717) is 17.1 Å². The minimum Gasteiger partial charge on any atom is -0.466 e. The predicted molar refractivity (Wildman–Crippen MR) is 116 cm³/mol. The van der Waals surface area contributed by atoms with E-state index < -0.39 is 5.97 Å². The molecule has 2 aromatic carbocycles. The molecule has 0 saturated heterocycles. The fourth-order valence-corrected chi connectivity index (χ4v) is 3.28. The van der Waals surface area contributed by atoms with Crippen LogP contribution in [0.2, 0.25) is 0 Å². The van der Waals surface area contributed by atoms with Crippen LogP contribution in [0.1, 0.15) is 25.8 Å². The Hall–Kier alpha value is -3.61. The molecule has 0 saturated carbocycles. The summed E-state index contributed by atoms with van der Waals surface area (Å²) in [6.07, 6.45) is 2.06. The Morgan fingerprint density at radius 3 is 2.57 bits per heavy atom. The molecule has 0 unspecified atom stereocenters. The molecular formula is C23H25N3O4. The van der Waals surface area contributed by atoms with Crippen LogP contribution in [-0.2, 0) is 25.5 Å². The molecule has 0 fully saturated rings. The van der Waals surface area contributed by atoms with Crippen LogP contribution in [0.15, 0.2) is 60.3 Å². The summed E-state index contributed by atoms with van der Waals surface area (Å²) in [4.78, 5) is 38.9. The lowest BCUT2D eigenvalue weighted by molar-refractivity contribution is -0.142. The lowest BCUT2D eigenvalue weighted by Crippen LogP contribution is -2.37. The van der Waals surface area contributed by atoms with Gasteiger partial charge in [-0.3, -0.25) is 19.3 Å². The molecule has 0 bridgehead atoms. The van der Waals surface area contributed by atoms with Gasteiger partial charge in [0.15, 0.2) is 0 Å². The second-order valence-corrected chi connectivity index (χ2v) is 6.78. The number of anilines is 3. The monoisotopic (exact) mass is 407 g/mol. The largest absolute Gasteiger partial charge is 0.466 e. The van der Waals surface area contributed by atoms with Gasteiger partial charge in [-0.25, -0.2) is 0 Å². The maximum atomic E-state index is 12.9. The van der Waals surface area contributed by atoms with E-state index in [4.69, 9.17) is 4.74 Å². The van der Waals surface area contributed by atoms with Gasteiger partial charge in [0, 0.05) is 17.5 Å². The molecule has 0 aromatic heterocycles. The average Bonchev–Trinajstić information content (AvgIpc) is 2.85. The van der Waals surface area contributed by atoms with Crippen molar-refractivity contribution in [2.45, 2.75) is 26.7 Å². The highest BCUT2D eigenvalue weighted by Crippen LogP contribution is 2.30. The molecule has 1 aliphatic heterocycles. The zero-order valence-corrected chi connectivity index (χ0v) is 17.1. The predicted octanol–water partition coefficient (Wildman–Crippen LogP) is 3.48. The summed E-state index contributed by atoms with van der Waals surface area (Å²) in [6, 6.07) is 14.7. The molecule has 0 aliphatic carbocycles. The van der Waals surface area contributed by atoms with E-state index in [0.717, 1.165) is 17.7 Å². The van der Waals surface area contributed by atoms with Gasteiger partial charge in [0.2, 0.25) is 5.91 Å². The molecule has 2 amide bonds. The third kappa shape index (κ3) is 5.05. The van der Waals surface area contributed by atoms with Gasteiger partial charge in [0.25, 0.3) is 5.91 Å². The van der Waals surface area contributed by atoms with E-state index in [-0.39, 0.29) is 31.4 Å². The summed E-state index contributed by atoms with van der Waals surface area (Å²) in [5.41, 5.74) is 3.38. The second-order valence-electron chi connectivity index (χ2n) is 6.78. The van der Waals surface area contributed by atoms with Gasteiger partial charge in [0.1, 0.15) is 6.54 Å². The molecule has 0 spiro atoms. The number of carbonyl (C=O) groups excluding carboxylic acids is 3. The third-order valence-corrected chi connectivity index (χ3v) is 4.67. The number of aryl methyl sites for hydroxylation is 1. The van der Waals surface area contributed by atoms with E-state index in [1.807, 2.05) is 37.3 Å². The molecule has 156 valence electrons. The van der Waals surface area contributed by atoms with Crippen molar-refractivity contribution in [2.75, 3.05) is 28.7 Å². The van der Waals surface area contributed by atoms with Crippen LogP contribution in [0.25, 0.3) is 0 Å². The number of carbonyl (C=O) groups is 3. The molecule has 7 heteroatoms. The Balaban J connectivity index is 1.82. The Kier molecular flexibility index (Phi) is 6.85. The number of esters is 1. The van der Waals surface area contributed by atoms with Crippen LogP contribution >= 0.6 is 0 Å². The van der Waals surface area contributed by atoms with E-state index in [1.54, 1.807) is 25.1 Å². The molecule has 2 aromatic rings. The highest BCUT2D eigenvalue weighted by Gasteiger charge is 2.25. The molecule has 1 aliphatic rings. The Morgan fingerprint density at radius 1 is 1.07 bits per heavy atom. The SMILES string of the molecule is CCOC(=O)CC1=CC(=O)N(CC(=O)Nc2ccccc2CC)c2ccccc2N1. The topological polar surface area (TPSA) is 87.7 Å². The molecule has 0 atom stereocenters. The molecule has 2 N–H and O–H groups in total.